The first kappa shape index (κ1) is 18.0. The lowest BCUT2D eigenvalue weighted by Gasteiger charge is -2.23. The van der Waals surface area contributed by atoms with Crippen LogP contribution >= 0.6 is 0 Å². The van der Waals surface area contributed by atoms with Crippen molar-refractivity contribution in [1.82, 2.24) is 19.5 Å². The number of hydrogen-bond acceptors (Lipinski definition) is 3. The maximum absolute atomic E-state index is 9.56. The predicted molar refractivity (Wildman–Crippen MR) is 213 cm³/mol. The Kier molecular flexibility index (Phi) is 4.06. The van der Waals surface area contributed by atoms with E-state index in [9.17, 15) is 5.48 Å². The lowest BCUT2D eigenvalue weighted by Crippen LogP contribution is -2.17. The summed E-state index contributed by atoms with van der Waals surface area (Å²) >= 11 is 0. The largest absolute Gasteiger partial charge is 0.277 e. The Morgan fingerprint density at radius 3 is 1.65 bits per heavy atom. The van der Waals surface area contributed by atoms with E-state index in [1.807, 2.05) is 84.9 Å². The van der Waals surface area contributed by atoms with Crippen molar-refractivity contribution < 1.29 is 21.9 Å². The zero-order valence-electron chi connectivity index (χ0n) is 43.2. The van der Waals surface area contributed by atoms with Gasteiger partial charge in [-0.05, 0) is 50.6 Å². The molecule has 7 aromatic carbocycles. The second-order valence-electron chi connectivity index (χ2n) is 12.5. The second kappa shape index (κ2) is 11.7. The molecule has 0 spiro atoms. The molecule has 0 saturated carbocycles. The summed E-state index contributed by atoms with van der Waals surface area (Å²) in [6, 6.07) is 25.6. The summed E-state index contributed by atoms with van der Waals surface area (Å²) < 4.78 is 147. The summed E-state index contributed by atoms with van der Waals surface area (Å²) in [5, 5.41) is -0.824. The van der Waals surface area contributed by atoms with E-state index in [1.165, 1.54) is 0 Å². The van der Waals surface area contributed by atoms with Crippen molar-refractivity contribution in [1.29, 1.82) is 0 Å². The molecular formula is C48H34N4. The first-order valence-electron chi connectivity index (χ1n) is 24.5. The highest BCUT2D eigenvalue weighted by Gasteiger charge is 2.38. The predicted octanol–water partition coefficient (Wildman–Crippen LogP) is 11.9. The van der Waals surface area contributed by atoms with E-state index in [0.29, 0.717) is 11.1 Å². The van der Waals surface area contributed by atoms with Gasteiger partial charge in [0.1, 0.15) is 0 Å². The van der Waals surface area contributed by atoms with Gasteiger partial charge in [0.25, 0.3) is 0 Å². The SMILES string of the molecule is [2H]c1c([2H])c([2H])c2c(c1[2H])-c1c([2H])c([2H])c3c4c([2H])c([2H])c([2H])c([2H])c4n(-c4nc(-c5ccc(-c6ccccc6)cc5)nc(-c5ccc(-c6ccccc6)cc5)n4)c3c1C2(C([2H])([2H])[2H])C([2H])([2H])[2H]. The van der Waals surface area contributed by atoms with Crippen molar-refractivity contribution in [3.05, 3.63) is 181 Å². The quantitative estimate of drug-likeness (QED) is 0.181. The van der Waals surface area contributed by atoms with Gasteiger partial charge in [-0.15, -0.1) is 0 Å². The maximum atomic E-state index is 9.56. The molecule has 0 unspecified atom stereocenters. The minimum atomic E-state index is -3.69. The Labute approximate surface area is 325 Å². The Morgan fingerprint density at radius 2 is 1.04 bits per heavy atom. The zero-order valence-corrected chi connectivity index (χ0v) is 27.2. The number of benzene rings is 7. The van der Waals surface area contributed by atoms with Crippen LogP contribution in [0.15, 0.2) is 170 Å². The molecule has 1 aliphatic rings. The molecule has 1 aliphatic carbocycles. The highest BCUT2D eigenvalue weighted by molar-refractivity contribution is 6.13. The van der Waals surface area contributed by atoms with E-state index in [0.717, 1.165) is 26.8 Å². The number of aromatic nitrogens is 4. The van der Waals surface area contributed by atoms with E-state index >= 15 is 0 Å². The Hall–Kier alpha value is -6.65. The molecule has 10 rings (SSSR count). The topological polar surface area (TPSA) is 43.6 Å². The van der Waals surface area contributed by atoms with Gasteiger partial charge >= 0.3 is 0 Å². The number of fused-ring (bicyclic) bond motifs is 7. The minimum absolute atomic E-state index is 0.0354. The van der Waals surface area contributed by atoms with Gasteiger partial charge in [-0.2, -0.15) is 9.97 Å². The highest BCUT2D eigenvalue weighted by atomic mass is 15.2. The molecule has 246 valence electrons. The third-order valence-electron chi connectivity index (χ3n) is 9.41. The number of nitrogens with zero attached hydrogens (tertiary/aromatic N) is 4. The molecule has 0 radical (unpaired) electrons. The van der Waals surface area contributed by atoms with Crippen LogP contribution in [0, 0.1) is 0 Å². The fraction of sp³-hybridized carbons (Fsp3) is 0.0625. The standard InChI is InChI=1S/C48H34N4/c1-48(2)41-19-11-9-17-37(41)39-29-30-40-38-18-10-12-20-42(38)52(44(40)43(39)48)47-50-45(35-25-21-33(22-26-35)31-13-5-3-6-14-31)49-46(51-47)36-27-23-34(24-28-36)32-15-7-4-8-16-32/h3-30H,1-2H3/i1D3,2D3,9D,10D,11D,12D,17D,18D,19D,20D,29D,30D. The first-order valence-corrected chi connectivity index (χ1v) is 16.5. The number of rotatable bonds is 5. The van der Waals surface area contributed by atoms with E-state index in [2.05, 4.69) is 0 Å². The molecule has 2 aromatic heterocycles. The molecule has 4 nitrogen and oxygen atoms in total. The molecular weight excluding hydrogens is 633 g/mol. The lowest BCUT2D eigenvalue weighted by molar-refractivity contribution is 0.663. The van der Waals surface area contributed by atoms with E-state index in [-0.39, 0.29) is 17.0 Å². The molecule has 0 aliphatic heterocycles. The summed E-state index contributed by atoms with van der Waals surface area (Å²) in [5.41, 5.74) is -2.53. The molecule has 0 N–H and O–H groups in total. The Morgan fingerprint density at radius 1 is 0.500 bits per heavy atom. The fourth-order valence-electron chi connectivity index (χ4n) is 6.93. The van der Waals surface area contributed by atoms with Crippen LogP contribution in [-0.2, 0) is 5.41 Å². The molecule has 2 heterocycles. The summed E-state index contributed by atoms with van der Waals surface area (Å²) in [5.74, 6) is -0.324. The van der Waals surface area contributed by atoms with E-state index in [4.69, 9.17) is 31.4 Å². The first-order chi connectivity index (χ1) is 32.2. The van der Waals surface area contributed by atoms with Crippen molar-refractivity contribution in [2.45, 2.75) is 19.1 Å². The van der Waals surface area contributed by atoms with Crippen molar-refractivity contribution in [2.75, 3.05) is 0 Å². The third-order valence-corrected chi connectivity index (χ3v) is 9.41. The van der Waals surface area contributed by atoms with Crippen molar-refractivity contribution in [3.8, 4) is 62.1 Å². The van der Waals surface area contributed by atoms with Crippen LogP contribution in [0.25, 0.3) is 83.9 Å². The summed E-state index contributed by atoms with van der Waals surface area (Å²) in [6.45, 7) is -7.38. The molecule has 0 bridgehead atoms. The molecule has 9 aromatic rings. The average Bonchev–Trinajstić information content (AvgIpc) is 3.87. The maximum Gasteiger partial charge on any atom is 0.238 e. The van der Waals surface area contributed by atoms with Crippen LogP contribution in [0.3, 0.4) is 0 Å². The second-order valence-corrected chi connectivity index (χ2v) is 12.5. The fourth-order valence-corrected chi connectivity index (χ4v) is 6.93. The summed E-state index contributed by atoms with van der Waals surface area (Å²) in [4.78, 5) is 14.7. The van der Waals surface area contributed by atoms with Crippen LogP contribution < -0.4 is 0 Å². The Bertz CT molecular complexity index is 3460. The third kappa shape index (κ3) is 4.72. The van der Waals surface area contributed by atoms with Crippen molar-refractivity contribution in [3.63, 3.8) is 0 Å². The van der Waals surface area contributed by atoms with Crippen molar-refractivity contribution in [2.24, 2.45) is 0 Å². The average molecular weight is 683 g/mol. The normalized spacial score (nSPS) is 17.8. The van der Waals surface area contributed by atoms with Gasteiger partial charge in [0.2, 0.25) is 5.95 Å². The summed E-state index contributed by atoms with van der Waals surface area (Å²) in [7, 11) is 0. The van der Waals surface area contributed by atoms with E-state index in [1.54, 1.807) is 24.3 Å². The molecule has 52 heavy (non-hydrogen) atoms. The van der Waals surface area contributed by atoms with Gasteiger partial charge in [-0.3, -0.25) is 4.57 Å². The smallest absolute Gasteiger partial charge is 0.238 e. The molecule has 4 heteroatoms. The van der Waals surface area contributed by atoms with Crippen LogP contribution in [-0.4, -0.2) is 19.5 Å². The molecule has 0 fully saturated rings. The summed E-state index contributed by atoms with van der Waals surface area (Å²) in [6.07, 6.45) is 0. The lowest BCUT2D eigenvalue weighted by atomic mass is 9.81. The van der Waals surface area contributed by atoms with Crippen LogP contribution in [0.4, 0.5) is 0 Å². The van der Waals surface area contributed by atoms with Gasteiger partial charge in [-0.1, -0.05) is 177 Å². The van der Waals surface area contributed by atoms with Gasteiger partial charge < -0.3 is 0 Å². The minimum Gasteiger partial charge on any atom is -0.277 e. The van der Waals surface area contributed by atoms with Gasteiger partial charge in [0.15, 0.2) is 11.6 Å². The van der Waals surface area contributed by atoms with Crippen LogP contribution in [0.5, 0.6) is 0 Å². The highest BCUT2D eigenvalue weighted by Crippen LogP contribution is 2.52. The zero-order chi connectivity index (χ0) is 48.5. The number of para-hydroxylation sites is 1. The van der Waals surface area contributed by atoms with Crippen molar-refractivity contribution >= 4 is 21.8 Å². The molecule has 0 atom stereocenters. The molecule has 0 saturated heterocycles. The van der Waals surface area contributed by atoms with Gasteiger partial charge in [0, 0.05) is 35.5 Å². The van der Waals surface area contributed by atoms with Gasteiger partial charge in [-0.25, -0.2) is 4.98 Å². The Balaban J connectivity index is 1.40. The molecule has 0 amide bonds. The van der Waals surface area contributed by atoms with Crippen LogP contribution in [0.2, 0.25) is 0 Å². The van der Waals surface area contributed by atoms with Crippen LogP contribution in [0.1, 0.15) is 46.8 Å². The monoisotopic (exact) mass is 682 g/mol. The van der Waals surface area contributed by atoms with E-state index < -0.39 is 124 Å². The van der Waals surface area contributed by atoms with Gasteiger partial charge in [0.05, 0.1) is 24.7 Å². The number of hydrogen-bond donors (Lipinski definition) is 0.